The molecule has 7 heteroatoms. The second kappa shape index (κ2) is 6.71. The number of carbonyl (C=O) groups excluding carboxylic acids is 2. The summed E-state index contributed by atoms with van der Waals surface area (Å²) in [4.78, 5) is 25.7. The zero-order chi connectivity index (χ0) is 16.4. The van der Waals surface area contributed by atoms with E-state index in [1.54, 1.807) is 11.0 Å². The first-order valence-corrected chi connectivity index (χ1v) is 8.27. The van der Waals surface area contributed by atoms with E-state index in [4.69, 9.17) is 10.5 Å². The summed E-state index contributed by atoms with van der Waals surface area (Å²) in [5.74, 6) is -0.682. The molecule has 1 aromatic heterocycles. The third-order valence-corrected chi connectivity index (χ3v) is 4.40. The number of aromatic nitrogens is 1. The predicted octanol–water partition coefficient (Wildman–Crippen LogP) is 1.41. The number of hydrogen-bond acceptors (Lipinski definition) is 3. The molecule has 3 rings (SSSR count). The van der Waals surface area contributed by atoms with Crippen LogP contribution < -0.4 is 5.73 Å². The van der Waals surface area contributed by atoms with Crippen molar-refractivity contribution in [2.75, 3.05) is 19.7 Å². The van der Waals surface area contributed by atoms with Gasteiger partial charge in [0.15, 0.2) is 6.10 Å². The second-order valence-corrected chi connectivity index (χ2v) is 6.50. The van der Waals surface area contributed by atoms with Gasteiger partial charge in [0, 0.05) is 22.0 Å². The number of nitrogens with zero attached hydrogens (tertiary/aromatic N) is 2. The molecule has 0 bridgehead atoms. The van der Waals surface area contributed by atoms with Crippen LogP contribution in [0.15, 0.2) is 42.6 Å². The summed E-state index contributed by atoms with van der Waals surface area (Å²) >= 11 is 2.24. The SMILES string of the molecule is NC(=O)C1CN(C(=O)c2cccn2-c2cccc(I)c2)CCO1. The van der Waals surface area contributed by atoms with Crippen molar-refractivity contribution in [2.45, 2.75) is 6.10 Å². The van der Waals surface area contributed by atoms with Crippen molar-refractivity contribution in [3.8, 4) is 5.69 Å². The molecule has 0 aliphatic carbocycles. The third-order valence-electron chi connectivity index (χ3n) is 3.73. The number of ether oxygens (including phenoxy) is 1. The van der Waals surface area contributed by atoms with Crippen molar-refractivity contribution in [3.63, 3.8) is 0 Å². The zero-order valence-electron chi connectivity index (χ0n) is 12.3. The van der Waals surface area contributed by atoms with Crippen LogP contribution in [0.2, 0.25) is 0 Å². The lowest BCUT2D eigenvalue weighted by Gasteiger charge is -2.31. The number of hydrogen-bond donors (Lipinski definition) is 1. The summed E-state index contributed by atoms with van der Waals surface area (Å²) in [6.45, 7) is 0.940. The van der Waals surface area contributed by atoms with Crippen LogP contribution in [0.5, 0.6) is 0 Å². The molecule has 6 nitrogen and oxygen atoms in total. The number of nitrogens with two attached hydrogens (primary N) is 1. The summed E-state index contributed by atoms with van der Waals surface area (Å²) in [5, 5.41) is 0. The normalized spacial score (nSPS) is 18.0. The zero-order valence-corrected chi connectivity index (χ0v) is 14.5. The van der Waals surface area contributed by atoms with Crippen LogP contribution in [-0.2, 0) is 9.53 Å². The minimum absolute atomic E-state index is 0.136. The van der Waals surface area contributed by atoms with Gasteiger partial charge in [-0.25, -0.2) is 0 Å². The van der Waals surface area contributed by atoms with E-state index in [2.05, 4.69) is 22.6 Å². The average Bonchev–Trinajstić information content (AvgIpc) is 3.04. The number of amides is 2. The Balaban J connectivity index is 1.86. The first kappa shape index (κ1) is 16.0. The summed E-state index contributed by atoms with van der Waals surface area (Å²) in [5.41, 5.74) is 6.75. The highest BCUT2D eigenvalue weighted by Gasteiger charge is 2.29. The minimum atomic E-state index is -0.742. The molecule has 1 aliphatic rings. The molecule has 1 aromatic carbocycles. The molecule has 1 saturated heterocycles. The fraction of sp³-hybridized carbons (Fsp3) is 0.250. The lowest BCUT2D eigenvalue weighted by Crippen LogP contribution is -2.50. The Labute approximate surface area is 147 Å². The topological polar surface area (TPSA) is 77.6 Å². The van der Waals surface area contributed by atoms with Gasteiger partial charge in [-0.05, 0) is 52.9 Å². The van der Waals surface area contributed by atoms with Gasteiger partial charge in [-0.3, -0.25) is 9.59 Å². The smallest absolute Gasteiger partial charge is 0.271 e. The van der Waals surface area contributed by atoms with Crippen molar-refractivity contribution in [1.82, 2.24) is 9.47 Å². The number of carbonyl (C=O) groups is 2. The molecule has 0 spiro atoms. The van der Waals surface area contributed by atoms with Crippen LogP contribution >= 0.6 is 22.6 Å². The summed E-state index contributed by atoms with van der Waals surface area (Å²) in [6, 6.07) is 11.5. The molecule has 120 valence electrons. The molecule has 2 amide bonds. The van der Waals surface area contributed by atoms with E-state index in [1.807, 2.05) is 41.1 Å². The fourth-order valence-electron chi connectivity index (χ4n) is 2.57. The Kier molecular flexibility index (Phi) is 4.67. The van der Waals surface area contributed by atoms with Gasteiger partial charge < -0.3 is 19.9 Å². The van der Waals surface area contributed by atoms with E-state index in [-0.39, 0.29) is 12.5 Å². The lowest BCUT2D eigenvalue weighted by molar-refractivity contribution is -0.133. The highest BCUT2D eigenvalue weighted by Crippen LogP contribution is 2.18. The van der Waals surface area contributed by atoms with Gasteiger partial charge in [-0.1, -0.05) is 6.07 Å². The van der Waals surface area contributed by atoms with E-state index < -0.39 is 12.0 Å². The predicted molar refractivity (Wildman–Crippen MR) is 93.3 cm³/mol. The molecule has 2 N–H and O–H groups in total. The molecular formula is C16H16IN3O3. The lowest BCUT2D eigenvalue weighted by atomic mass is 10.2. The Morgan fingerprint density at radius 2 is 2.09 bits per heavy atom. The summed E-state index contributed by atoms with van der Waals surface area (Å²) < 4.78 is 8.23. The van der Waals surface area contributed by atoms with Crippen LogP contribution in [0.25, 0.3) is 5.69 Å². The van der Waals surface area contributed by atoms with Crippen molar-refractivity contribution in [3.05, 3.63) is 51.9 Å². The Morgan fingerprint density at radius 1 is 1.26 bits per heavy atom. The number of morpholine rings is 1. The molecule has 1 atom stereocenters. The van der Waals surface area contributed by atoms with Gasteiger partial charge >= 0.3 is 0 Å². The number of primary amides is 1. The molecule has 1 unspecified atom stereocenters. The molecule has 1 fully saturated rings. The molecule has 0 saturated carbocycles. The standard InChI is InChI=1S/C16H16IN3O3/c17-11-3-1-4-12(9-11)20-6-2-5-13(20)16(22)19-7-8-23-14(10-19)15(18)21/h1-6,9,14H,7-8,10H2,(H2,18,21). The minimum Gasteiger partial charge on any atom is -0.367 e. The van der Waals surface area contributed by atoms with Gasteiger partial charge in [-0.2, -0.15) is 0 Å². The van der Waals surface area contributed by atoms with E-state index in [0.717, 1.165) is 9.26 Å². The number of halogens is 1. The summed E-state index contributed by atoms with van der Waals surface area (Å²) in [7, 11) is 0. The van der Waals surface area contributed by atoms with Gasteiger partial charge in [0.05, 0.1) is 13.2 Å². The van der Waals surface area contributed by atoms with Crippen molar-refractivity contribution < 1.29 is 14.3 Å². The molecule has 2 heterocycles. The van der Waals surface area contributed by atoms with Crippen molar-refractivity contribution in [1.29, 1.82) is 0 Å². The van der Waals surface area contributed by atoms with Crippen LogP contribution in [0, 0.1) is 3.57 Å². The molecule has 1 aliphatic heterocycles. The van der Waals surface area contributed by atoms with Gasteiger partial charge in [-0.15, -0.1) is 0 Å². The van der Waals surface area contributed by atoms with E-state index >= 15 is 0 Å². The van der Waals surface area contributed by atoms with Gasteiger partial charge in [0.25, 0.3) is 5.91 Å². The first-order valence-electron chi connectivity index (χ1n) is 7.20. The highest BCUT2D eigenvalue weighted by molar-refractivity contribution is 14.1. The highest BCUT2D eigenvalue weighted by atomic mass is 127. The van der Waals surface area contributed by atoms with Crippen molar-refractivity contribution in [2.24, 2.45) is 5.73 Å². The Morgan fingerprint density at radius 3 is 2.83 bits per heavy atom. The van der Waals surface area contributed by atoms with Crippen LogP contribution in [-0.4, -0.2) is 47.1 Å². The maximum absolute atomic E-state index is 12.8. The van der Waals surface area contributed by atoms with Gasteiger partial charge in [0.1, 0.15) is 5.69 Å². The van der Waals surface area contributed by atoms with Crippen molar-refractivity contribution >= 4 is 34.4 Å². The monoisotopic (exact) mass is 425 g/mol. The van der Waals surface area contributed by atoms with E-state index in [9.17, 15) is 9.59 Å². The fourth-order valence-corrected chi connectivity index (χ4v) is 3.10. The van der Waals surface area contributed by atoms with E-state index in [1.165, 1.54) is 0 Å². The Bertz CT molecular complexity index is 744. The number of benzene rings is 1. The Hall–Kier alpha value is -1.87. The largest absolute Gasteiger partial charge is 0.367 e. The number of rotatable bonds is 3. The summed E-state index contributed by atoms with van der Waals surface area (Å²) in [6.07, 6.45) is 1.11. The average molecular weight is 425 g/mol. The first-order chi connectivity index (χ1) is 11.1. The van der Waals surface area contributed by atoms with Crippen LogP contribution in [0.4, 0.5) is 0 Å². The molecule has 0 radical (unpaired) electrons. The van der Waals surface area contributed by atoms with Crippen LogP contribution in [0.1, 0.15) is 10.5 Å². The van der Waals surface area contributed by atoms with Crippen LogP contribution in [0.3, 0.4) is 0 Å². The molecule has 23 heavy (non-hydrogen) atoms. The molecular weight excluding hydrogens is 409 g/mol. The quantitative estimate of drug-likeness (QED) is 0.756. The maximum atomic E-state index is 12.8. The second-order valence-electron chi connectivity index (χ2n) is 5.26. The van der Waals surface area contributed by atoms with E-state index in [0.29, 0.717) is 18.8 Å². The molecule has 2 aromatic rings. The maximum Gasteiger partial charge on any atom is 0.271 e. The van der Waals surface area contributed by atoms with Gasteiger partial charge in [0.2, 0.25) is 5.91 Å². The third kappa shape index (κ3) is 3.40.